The van der Waals surface area contributed by atoms with Crippen LogP contribution in [0.4, 0.5) is 11.8 Å². The summed E-state index contributed by atoms with van der Waals surface area (Å²) in [5, 5.41) is 0. The van der Waals surface area contributed by atoms with Crippen molar-refractivity contribution in [2.24, 2.45) is 0 Å². The van der Waals surface area contributed by atoms with Crippen LogP contribution in [0.1, 0.15) is 24.1 Å². The first-order chi connectivity index (χ1) is 12.6. The highest BCUT2D eigenvalue weighted by molar-refractivity contribution is 5.76. The first kappa shape index (κ1) is 16.7. The molecule has 0 aliphatic carbocycles. The zero-order chi connectivity index (χ0) is 18.1. The minimum absolute atomic E-state index is 0.447. The highest BCUT2D eigenvalue weighted by atomic mass is 15.3. The fourth-order valence-electron chi connectivity index (χ4n) is 3.57. The molecule has 26 heavy (non-hydrogen) atoms. The standard InChI is InChI=1S/C20H24N6/c1-14-12-21-20(22-13-14)25(3)16-8-10-26(11-9-16)19-15(2)23-17-6-4-5-7-18(17)24-19/h4-7,12-13,16H,8-11H2,1-3H3. The Balaban J connectivity index is 1.48. The summed E-state index contributed by atoms with van der Waals surface area (Å²) in [6.07, 6.45) is 5.87. The summed E-state index contributed by atoms with van der Waals surface area (Å²) in [5.74, 6) is 1.81. The molecule has 0 bridgehead atoms. The molecule has 0 radical (unpaired) electrons. The van der Waals surface area contributed by atoms with Crippen LogP contribution >= 0.6 is 0 Å². The molecule has 0 unspecified atom stereocenters. The monoisotopic (exact) mass is 348 g/mol. The third-order valence-corrected chi connectivity index (χ3v) is 5.11. The van der Waals surface area contributed by atoms with Crippen LogP contribution in [0.15, 0.2) is 36.7 Å². The van der Waals surface area contributed by atoms with Gasteiger partial charge in [0.05, 0.1) is 16.7 Å². The predicted octanol–water partition coefficient (Wildman–Crippen LogP) is 3.14. The fraction of sp³-hybridized carbons (Fsp3) is 0.400. The summed E-state index contributed by atoms with van der Waals surface area (Å²) in [6, 6.07) is 8.51. The summed E-state index contributed by atoms with van der Waals surface area (Å²) < 4.78 is 0. The number of anilines is 2. The molecule has 4 rings (SSSR count). The molecule has 0 atom stereocenters. The van der Waals surface area contributed by atoms with Crippen molar-refractivity contribution in [1.29, 1.82) is 0 Å². The SMILES string of the molecule is Cc1cnc(N(C)C2CCN(c3nc4ccccc4nc3C)CC2)nc1. The summed E-state index contributed by atoms with van der Waals surface area (Å²) in [6.45, 7) is 5.99. The lowest BCUT2D eigenvalue weighted by Gasteiger charge is -2.37. The topological polar surface area (TPSA) is 58.0 Å². The number of nitrogens with zero attached hydrogens (tertiary/aromatic N) is 6. The maximum Gasteiger partial charge on any atom is 0.225 e. The quantitative estimate of drug-likeness (QED) is 0.725. The number of rotatable bonds is 3. The maximum absolute atomic E-state index is 4.86. The third-order valence-electron chi connectivity index (χ3n) is 5.11. The van der Waals surface area contributed by atoms with Crippen molar-refractivity contribution in [3.8, 4) is 0 Å². The van der Waals surface area contributed by atoms with Crippen LogP contribution < -0.4 is 9.80 Å². The van der Waals surface area contributed by atoms with Crippen molar-refractivity contribution in [2.45, 2.75) is 32.7 Å². The van der Waals surface area contributed by atoms with Crippen molar-refractivity contribution in [2.75, 3.05) is 29.9 Å². The minimum atomic E-state index is 0.447. The highest BCUT2D eigenvalue weighted by Crippen LogP contribution is 2.25. The molecule has 0 saturated carbocycles. The molecule has 1 aromatic carbocycles. The maximum atomic E-state index is 4.86. The van der Waals surface area contributed by atoms with Gasteiger partial charge in [0.1, 0.15) is 0 Å². The molecule has 6 nitrogen and oxygen atoms in total. The molecule has 1 fully saturated rings. The number of piperidine rings is 1. The van der Waals surface area contributed by atoms with Gasteiger partial charge in [0.2, 0.25) is 5.95 Å². The molecule has 1 saturated heterocycles. The van der Waals surface area contributed by atoms with Crippen LogP contribution in [-0.4, -0.2) is 46.1 Å². The predicted molar refractivity (Wildman–Crippen MR) is 105 cm³/mol. The second-order valence-electron chi connectivity index (χ2n) is 7.01. The Morgan fingerprint density at radius 3 is 2.23 bits per heavy atom. The van der Waals surface area contributed by atoms with E-state index in [1.807, 2.05) is 50.5 Å². The third kappa shape index (κ3) is 3.19. The Morgan fingerprint density at radius 1 is 0.962 bits per heavy atom. The van der Waals surface area contributed by atoms with E-state index in [1.165, 1.54) is 0 Å². The van der Waals surface area contributed by atoms with Crippen molar-refractivity contribution < 1.29 is 0 Å². The van der Waals surface area contributed by atoms with Gasteiger partial charge in [-0.1, -0.05) is 12.1 Å². The van der Waals surface area contributed by atoms with Gasteiger partial charge < -0.3 is 9.80 Å². The van der Waals surface area contributed by atoms with Gasteiger partial charge in [-0.2, -0.15) is 0 Å². The summed E-state index contributed by atoms with van der Waals surface area (Å²) in [5.41, 5.74) is 4.00. The van der Waals surface area contributed by atoms with Gasteiger partial charge in [-0.15, -0.1) is 0 Å². The number of aromatic nitrogens is 4. The smallest absolute Gasteiger partial charge is 0.225 e. The van der Waals surface area contributed by atoms with Crippen LogP contribution in [0.5, 0.6) is 0 Å². The zero-order valence-electron chi connectivity index (χ0n) is 15.6. The molecular weight excluding hydrogens is 324 g/mol. The Morgan fingerprint density at radius 2 is 1.58 bits per heavy atom. The molecule has 1 aliphatic heterocycles. The molecular formula is C20H24N6. The number of benzene rings is 1. The Hall–Kier alpha value is -2.76. The molecule has 3 aromatic rings. The Kier molecular flexibility index (Phi) is 4.41. The largest absolute Gasteiger partial charge is 0.355 e. The van der Waals surface area contributed by atoms with E-state index in [1.54, 1.807) is 0 Å². The molecule has 0 spiro atoms. The summed E-state index contributed by atoms with van der Waals surface area (Å²) >= 11 is 0. The van der Waals surface area contributed by atoms with E-state index in [4.69, 9.17) is 9.97 Å². The van der Waals surface area contributed by atoms with Gasteiger partial charge >= 0.3 is 0 Å². The number of fused-ring (bicyclic) bond motifs is 1. The lowest BCUT2D eigenvalue weighted by molar-refractivity contribution is 0.475. The van der Waals surface area contributed by atoms with Crippen LogP contribution in [0.25, 0.3) is 11.0 Å². The number of hydrogen-bond donors (Lipinski definition) is 0. The van der Waals surface area contributed by atoms with E-state index >= 15 is 0 Å². The van der Waals surface area contributed by atoms with Gasteiger partial charge in [-0.25, -0.2) is 19.9 Å². The van der Waals surface area contributed by atoms with Crippen LogP contribution in [-0.2, 0) is 0 Å². The summed E-state index contributed by atoms with van der Waals surface area (Å²) in [4.78, 5) is 23.1. The molecule has 0 N–H and O–H groups in total. The Bertz CT molecular complexity index is 900. The molecule has 6 heteroatoms. The lowest BCUT2D eigenvalue weighted by atomic mass is 10.0. The number of para-hydroxylation sites is 2. The van der Waals surface area contributed by atoms with Crippen LogP contribution in [0.2, 0.25) is 0 Å². The van der Waals surface area contributed by atoms with Crippen LogP contribution in [0, 0.1) is 13.8 Å². The molecule has 3 heterocycles. The summed E-state index contributed by atoms with van der Waals surface area (Å²) in [7, 11) is 2.09. The van der Waals surface area contributed by atoms with Gasteiger partial charge in [0.15, 0.2) is 5.82 Å². The van der Waals surface area contributed by atoms with E-state index in [0.717, 1.165) is 60.0 Å². The molecule has 0 amide bonds. The zero-order valence-corrected chi connectivity index (χ0v) is 15.6. The van der Waals surface area contributed by atoms with Crippen molar-refractivity contribution in [3.05, 3.63) is 47.9 Å². The molecule has 1 aliphatic rings. The highest BCUT2D eigenvalue weighted by Gasteiger charge is 2.25. The van der Waals surface area contributed by atoms with Crippen LogP contribution in [0.3, 0.4) is 0 Å². The van der Waals surface area contributed by atoms with E-state index in [-0.39, 0.29) is 0 Å². The second-order valence-corrected chi connectivity index (χ2v) is 7.01. The minimum Gasteiger partial charge on any atom is -0.355 e. The van der Waals surface area contributed by atoms with Crippen molar-refractivity contribution in [1.82, 2.24) is 19.9 Å². The van der Waals surface area contributed by atoms with Gasteiger partial charge in [0, 0.05) is 38.6 Å². The van der Waals surface area contributed by atoms with Gasteiger partial charge in [-0.3, -0.25) is 0 Å². The fourth-order valence-corrected chi connectivity index (χ4v) is 3.57. The van der Waals surface area contributed by atoms with E-state index in [9.17, 15) is 0 Å². The van der Waals surface area contributed by atoms with Gasteiger partial charge in [0.25, 0.3) is 0 Å². The number of hydrogen-bond acceptors (Lipinski definition) is 6. The normalized spacial score (nSPS) is 15.4. The van der Waals surface area contributed by atoms with E-state index in [2.05, 4.69) is 26.8 Å². The van der Waals surface area contributed by atoms with Gasteiger partial charge in [-0.05, 0) is 44.4 Å². The van der Waals surface area contributed by atoms with E-state index < -0.39 is 0 Å². The Labute approximate surface area is 153 Å². The number of aryl methyl sites for hydroxylation is 2. The lowest BCUT2D eigenvalue weighted by Crippen LogP contribution is -2.44. The average molecular weight is 348 g/mol. The van der Waals surface area contributed by atoms with Crippen molar-refractivity contribution in [3.63, 3.8) is 0 Å². The first-order valence-corrected chi connectivity index (χ1v) is 9.11. The van der Waals surface area contributed by atoms with E-state index in [0.29, 0.717) is 6.04 Å². The molecule has 134 valence electrons. The second kappa shape index (κ2) is 6.86. The average Bonchev–Trinajstić information content (AvgIpc) is 2.68. The van der Waals surface area contributed by atoms with Crippen molar-refractivity contribution >= 4 is 22.8 Å². The molecule has 2 aromatic heterocycles. The first-order valence-electron chi connectivity index (χ1n) is 9.11.